The lowest BCUT2D eigenvalue weighted by Crippen LogP contribution is -1.75. The molecule has 11 heavy (non-hydrogen) atoms. The Labute approximate surface area is 74.3 Å². The van der Waals surface area contributed by atoms with E-state index < -0.39 is 0 Å². The molecule has 0 saturated carbocycles. The van der Waals surface area contributed by atoms with E-state index in [1.165, 1.54) is 17.6 Å². The molecule has 0 unspecified atom stereocenters. The number of hydrogen-bond donors (Lipinski definition) is 0. The lowest BCUT2D eigenvalue weighted by molar-refractivity contribution is 0.623. The molecule has 2 aromatic rings. The first-order valence-electron chi connectivity index (χ1n) is 2.85. The van der Waals surface area contributed by atoms with Crippen molar-refractivity contribution in [2.24, 2.45) is 0 Å². The summed E-state index contributed by atoms with van der Waals surface area (Å²) in [7, 11) is 0. The van der Waals surface area contributed by atoms with E-state index in [4.69, 9.17) is 0 Å². The molecule has 0 amide bonds. The number of benzene rings is 1. The molecular weight excluding hydrogens is 231 g/mol. The molecule has 0 aliphatic rings. The molecule has 1 aromatic heterocycles. The highest BCUT2D eigenvalue weighted by Gasteiger charge is 2.06. The lowest BCUT2D eigenvalue weighted by atomic mass is 10.3. The van der Waals surface area contributed by atoms with Gasteiger partial charge >= 0.3 is 0 Å². The van der Waals surface area contributed by atoms with Gasteiger partial charge in [-0.15, -0.1) is 5.10 Å². The van der Waals surface area contributed by atoms with E-state index >= 15 is 0 Å². The molecule has 0 radical (unpaired) electrons. The Morgan fingerprint density at radius 3 is 3.09 bits per heavy atom. The van der Waals surface area contributed by atoms with Crippen LogP contribution in [0.4, 0.5) is 4.39 Å². The molecule has 1 aromatic carbocycles. The number of fused-ring (bicyclic) bond motifs is 1. The molecule has 0 aliphatic heterocycles. The Morgan fingerprint density at radius 2 is 2.27 bits per heavy atom. The summed E-state index contributed by atoms with van der Waals surface area (Å²) < 4.78 is 17.7. The fourth-order valence-electron chi connectivity index (χ4n) is 0.793. The summed E-state index contributed by atoms with van der Waals surface area (Å²) in [5, 5.41) is 3.79. The van der Waals surface area contributed by atoms with E-state index in [-0.39, 0.29) is 5.82 Å². The molecule has 1 heterocycles. The molecular formula is C6H2BrFN2S. The molecule has 0 N–H and O–H groups in total. The predicted octanol–water partition coefficient (Wildman–Crippen LogP) is 2.59. The molecule has 2 rings (SSSR count). The minimum absolute atomic E-state index is 0.274. The van der Waals surface area contributed by atoms with Crippen molar-refractivity contribution < 1.29 is 4.39 Å². The van der Waals surface area contributed by atoms with Crippen LogP contribution in [-0.2, 0) is 0 Å². The zero-order valence-electron chi connectivity index (χ0n) is 5.21. The van der Waals surface area contributed by atoms with Crippen LogP contribution in [0, 0.1) is 5.82 Å². The van der Waals surface area contributed by atoms with Crippen LogP contribution in [0.2, 0.25) is 0 Å². The van der Waals surface area contributed by atoms with Gasteiger partial charge in [-0.1, -0.05) is 4.49 Å². The van der Waals surface area contributed by atoms with E-state index in [1.807, 2.05) is 0 Å². The number of hydrogen-bond acceptors (Lipinski definition) is 3. The summed E-state index contributed by atoms with van der Waals surface area (Å²) in [5.41, 5.74) is 0.725. The van der Waals surface area contributed by atoms with Gasteiger partial charge in [0, 0.05) is 0 Å². The van der Waals surface area contributed by atoms with Gasteiger partial charge in [-0.2, -0.15) is 0 Å². The summed E-state index contributed by atoms with van der Waals surface area (Å²) in [6.45, 7) is 0. The fourth-order valence-corrected chi connectivity index (χ4v) is 1.94. The van der Waals surface area contributed by atoms with Crippen molar-refractivity contribution in [2.75, 3.05) is 0 Å². The number of halogens is 2. The van der Waals surface area contributed by atoms with Crippen molar-refractivity contribution in [1.82, 2.24) is 9.59 Å². The summed E-state index contributed by atoms with van der Waals surface area (Å²) >= 11 is 4.30. The molecule has 0 aliphatic carbocycles. The Morgan fingerprint density at radius 1 is 1.45 bits per heavy atom. The smallest absolute Gasteiger partial charge is 0.139 e. The van der Waals surface area contributed by atoms with Crippen molar-refractivity contribution in [3.8, 4) is 0 Å². The molecule has 5 heteroatoms. The van der Waals surface area contributed by atoms with Crippen LogP contribution in [0.25, 0.3) is 10.2 Å². The van der Waals surface area contributed by atoms with Gasteiger partial charge in [0.1, 0.15) is 11.3 Å². The van der Waals surface area contributed by atoms with Gasteiger partial charge in [0.15, 0.2) is 0 Å². The van der Waals surface area contributed by atoms with Crippen molar-refractivity contribution >= 4 is 37.7 Å². The Kier molecular flexibility index (Phi) is 1.61. The van der Waals surface area contributed by atoms with Gasteiger partial charge in [0.25, 0.3) is 0 Å². The highest BCUT2D eigenvalue weighted by molar-refractivity contribution is 9.10. The predicted molar refractivity (Wildman–Crippen MR) is 45.1 cm³/mol. The van der Waals surface area contributed by atoms with Crippen LogP contribution >= 0.6 is 27.5 Å². The second-order valence-electron chi connectivity index (χ2n) is 1.98. The zero-order chi connectivity index (χ0) is 7.84. The van der Waals surface area contributed by atoms with Crippen LogP contribution < -0.4 is 0 Å². The second-order valence-corrected chi connectivity index (χ2v) is 3.53. The minimum atomic E-state index is -0.274. The molecule has 0 saturated heterocycles. The van der Waals surface area contributed by atoms with Crippen LogP contribution in [0.1, 0.15) is 0 Å². The monoisotopic (exact) mass is 232 g/mol. The largest absolute Gasteiger partial charge is 0.206 e. The number of aromatic nitrogens is 2. The maximum Gasteiger partial charge on any atom is 0.139 e. The van der Waals surface area contributed by atoms with Crippen molar-refractivity contribution in [3.63, 3.8) is 0 Å². The van der Waals surface area contributed by atoms with Crippen LogP contribution in [-0.4, -0.2) is 9.59 Å². The summed E-state index contributed by atoms with van der Waals surface area (Å²) in [4.78, 5) is 0. The van der Waals surface area contributed by atoms with Crippen LogP contribution in [0.15, 0.2) is 16.6 Å². The maximum atomic E-state index is 12.8. The molecule has 0 spiro atoms. The maximum absolute atomic E-state index is 12.8. The molecule has 0 fully saturated rings. The van der Waals surface area contributed by atoms with Crippen molar-refractivity contribution in [3.05, 3.63) is 22.4 Å². The average molecular weight is 233 g/mol. The molecule has 0 bridgehead atoms. The van der Waals surface area contributed by atoms with E-state index in [0.29, 0.717) is 4.47 Å². The molecule has 0 atom stereocenters. The summed E-state index contributed by atoms with van der Waals surface area (Å²) in [5.74, 6) is -0.274. The third kappa shape index (κ3) is 1.04. The first-order chi connectivity index (χ1) is 5.29. The zero-order valence-corrected chi connectivity index (χ0v) is 7.62. The van der Waals surface area contributed by atoms with Crippen molar-refractivity contribution in [2.45, 2.75) is 0 Å². The highest BCUT2D eigenvalue weighted by atomic mass is 79.9. The molecule has 2 nitrogen and oxygen atoms in total. The van der Waals surface area contributed by atoms with Crippen molar-refractivity contribution in [1.29, 1.82) is 0 Å². The number of nitrogens with zero attached hydrogens (tertiary/aromatic N) is 2. The summed E-state index contributed by atoms with van der Waals surface area (Å²) in [6.07, 6.45) is 0. The highest BCUT2D eigenvalue weighted by Crippen LogP contribution is 2.27. The van der Waals surface area contributed by atoms with Gasteiger partial charge in [-0.3, -0.25) is 0 Å². The van der Waals surface area contributed by atoms with Crippen LogP contribution in [0.3, 0.4) is 0 Å². The van der Waals surface area contributed by atoms with Gasteiger partial charge in [-0.25, -0.2) is 4.39 Å². The third-order valence-electron chi connectivity index (χ3n) is 1.31. The summed E-state index contributed by atoms with van der Waals surface area (Å²) in [6, 6.07) is 2.98. The van der Waals surface area contributed by atoms with Crippen LogP contribution in [0.5, 0.6) is 0 Å². The first kappa shape index (κ1) is 7.12. The Bertz CT molecular complexity index is 400. The van der Waals surface area contributed by atoms with Gasteiger partial charge in [0.2, 0.25) is 0 Å². The van der Waals surface area contributed by atoms with E-state index in [1.54, 1.807) is 6.07 Å². The average Bonchev–Trinajstić information content (AvgIpc) is 2.45. The van der Waals surface area contributed by atoms with Gasteiger partial charge in [-0.05, 0) is 39.6 Å². The standard InChI is InChI=1S/C6H2BrFN2S/c7-5-3(8)1-2-4-6(5)11-10-9-4/h1-2H. The van der Waals surface area contributed by atoms with E-state index in [2.05, 4.69) is 25.5 Å². The first-order valence-corrected chi connectivity index (χ1v) is 4.42. The Balaban J connectivity index is 2.93. The van der Waals surface area contributed by atoms with Gasteiger partial charge in [0.05, 0.1) is 9.17 Å². The minimum Gasteiger partial charge on any atom is -0.206 e. The topological polar surface area (TPSA) is 25.8 Å². The SMILES string of the molecule is Fc1ccc2nnsc2c1Br. The second kappa shape index (κ2) is 2.49. The fraction of sp³-hybridized carbons (Fsp3) is 0. The Hall–Kier alpha value is -0.550. The third-order valence-corrected chi connectivity index (χ3v) is 3.11. The normalized spacial score (nSPS) is 10.7. The quantitative estimate of drug-likeness (QED) is 0.698. The van der Waals surface area contributed by atoms with Gasteiger partial charge < -0.3 is 0 Å². The lowest BCUT2D eigenvalue weighted by Gasteiger charge is -1.91. The molecule has 56 valence electrons. The van der Waals surface area contributed by atoms with E-state index in [0.717, 1.165) is 10.2 Å². The van der Waals surface area contributed by atoms with E-state index in [9.17, 15) is 4.39 Å². The number of rotatable bonds is 0.